The second-order valence-electron chi connectivity index (χ2n) is 0.637. The van der Waals surface area contributed by atoms with E-state index in [0.717, 1.165) is 4.44 Å². The third-order valence-corrected chi connectivity index (χ3v) is 1.53. The molecular formula is C3H7O2Sn. The van der Waals surface area contributed by atoms with Crippen molar-refractivity contribution in [1.82, 2.24) is 0 Å². The fourth-order valence-corrected chi connectivity index (χ4v) is 0.395. The molecular weight excluding hydrogens is 187 g/mol. The monoisotopic (exact) mass is 195 g/mol. The van der Waals surface area contributed by atoms with Gasteiger partial charge in [0.2, 0.25) is 0 Å². The van der Waals surface area contributed by atoms with Gasteiger partial charge in [-0.2, -0.15) is 0 Å². The molecule has 1 radical (unpaired) electrons. The van der Waals surface area contributed by atoms with E-state index in [9.17, 15) is 3.08 Å². The summed E-state index contributed by atoms with van der Waals surface area (Å²) in [5.41, 5.74) is 0. The van der Waals surface area contributed by atoms with Gasteiger partial charge >= 0.3 is 41.3 Å². The summed E-state index contributed by atoms with van der Waals surface area (Å²) >= 11 is -1.16. The summed E-state index contributed by atoms with van der Waals surface area (Å²) in [5.74, 6) is 0. The molecule has 0 rings (SSSR count). The summed E-state index contributed by atoms with van der Waals surface area (Å²) < 4.78 is 10.4. The van der Waals surface area contributed by atoms with Crippen LogP contribution >= 0.6 is 0 Å². The Hall–Kier alpha value is 0.299. The van der Waals surface area contributed by atoms with Crippen LogP contribution < -0.4 is 0 Å². The molecule has 0 saturated heterocycles. The van der Waals surface area contributed by atoms with Crippen molar-refractivity contribution in [3.63, 3.8) is 0 Å². The second-order valence-corrected chi connectivity index (χ2v) is 2.63. The van der Waals surface area contributed by atoms with Crippen molar-refractivity contribution in [1.29, 1.82) is 0 Å². The smallest absolute Gasteiger partial charge is 0.412 e. The zero-order valence-corrected chi connectivity index (χ0v) is 6.25. The van der Waals surface area contributed by atoms with E-state index in [2.05, 4.69) is 6.58 Å². The molecule has 0 bridgehead atoms. The maximum Gasteiger partial charge on any atom is -0.412 e. The maximum absolute atomic E-state index is 9.63. The van der Waals surface area contributed by atoms with E-state index in [4.69, 9.17) is 0 Å². The number of hydrogen-bond donors (Lipinski definition) is 0. The van der Waals surface area contributed by atoms with Gasteiger partial charge in [0.1, 0.15) is 0 Å². The van der Waals surface area contributed by atoms with Gasteiger partial charge in [0.05, 0.1) is 0 Å². The molecule has 0 spiro atoms. The summed E-state index contributed by atoms with van der Waals surface area (Å²) in [6.45, 7) is 3.39. The van der Waals surface area contributed by atoms with Crippen molar-refractivity contribution in [3.8, 4) is 0 Å². The Morgan fingerprint density at radius 1 is 1.83 bits per heavy atom. The molecule has 0 aromatic rings. The van der Waals surface area contributed by atoms with Crippen LogP contribution in [-0.4, -0.2) is 26.6 Å². The summed E-state index contributed by atoms with van der Waals surface area (Å²) in [6.07, 6.45) is 1.69. The predicted octanol–water partition coefficient (Wildman–Crippen LogP) is -0.184. The van der Waals surface area contributed by atoms with Crippen molar-refractivity contribution in [2.24, 2.45) is 0 Å². The molecule has 0 unspecified atom stereocenters. The van der Waals surface area contributed by atoms with Gasteiger partial charge in [-0.15, -0.1) is 0 Å². The first-order chi connectivity index (χ1) is 2.41. The third-order valence-electron chi connectivity index (χ3n) is 0.228. The fraction of sp³-hybridized carbons (Fsp3) is 0.333. The van der Waals surface area contributed by atoms with Crippen molar-refractivity contribution in [2.45, 2.75) is 4.44 Å². The topological polar surface area (TPSA) is 48.6 Å². The molecule has 3 heteroatoms. The minimum absolute atomic E-state index is 0. The predicted molar refractivity (Wildman–Crippen MR) is 25.1 cm³/mol. The SMILES string of the molecule is C=C[CH2][Sn]=[O].O. The molecule has 0 saturated carbocycles. The van der Waals surface area contributed by atoms with Crippen molar-refractivity contribution in [2.75, 3.05) is 0 Å². The summed E-state index contributed by atoms with van der Waals surface area (Å²) in [5, 5.41) is 0. The Labute approximate surface area is 47.2 Å². The van der Waals surface area contributed by atoms with E-state index in [0.29, 0.717) is 0 Å². The molecule has 2 nitrogen and oxygen atoms in total. The average molecular weight is 194 g/mol. The van der Waals surface area contributed by atoms with Crippen LogP contribution in [0.4, 0.5) is 0 Å². The fourth-order valence-electron chi connectivity index (χ4n) is 0.0589. The molecule has 35 valence electrons. The van der Waals surface area contributed by atoms with Crippen LogP contribution in [0.1, 0.15) is 0 Å². The Kier molecular flexibility index (Phi) is 14.4. The van der Waals surface area contributed by atoms with Gasteiger partial charge < -0.3 is 5.48 Å². The molecule has 2 N–H and O–H groups in total. The number of rotatable bonds is 2. The normalized spacial score (nSPS) is 5.33. The Bertz CT molecular complexity index is 38.1. The summed E-state index contributed by atoms with van der Waals surface area (Å²) in [4.78, 5) is 0. The van der Waals surface area contributed by atoms with Crippen LogP contribution in [0.5, 0.6) is 0 Å². The third kappa shape index (κ3) is 8.85. The van der Waals surface area contributed by atoms with Gasteiger partial charge in [-0.25, -0.2) is 0 Å². The molecule has 0 aromatic heterocycles. The average Bonchev–Trinajstić information content (AvgIpc) is 1.41. The summed E-state index contributed by atoms with van der Waals surface area (Å²) in [6, 6.07) is 0. The van der Waals surface area contributed by atoms with Crippen molar-refractivity contribution < 1.29 is 8.55 Å². The van der Waals surface area contributed by atoms with Crippen LogP contribution in [0.3, 0.4) is 0 Å². The minimum atomic E-state index is -1.16. The van der Waals surface area contributed by atoms with Crippen LogP contribution in [0, 0.1) is 0 Å². The van der Waals surface area contributed by atoms with Crippen LogP contribution in [-0.2, 0) is 3.08 Å². The standard InChI is InChI=1S/C3H5.H2O.O.Sn/c1-3-2;;;/h3H,1-2H2;1H2;;. The van der Waals surface area contributed by atoms with Gasteiger partial charge in [0.15, 0.2) is 0 Å². The zero-order chi connectivity index (χ0) is 4.12. The Morgan fingerprint density at radius 3 is 2.33 bits per heavy atom. The Balaban J connectivity index is 0. The van der Waals surface area contributed by atoms with E-state index in [1.54, 1.807) is 6.08 Å². The van der Waals surface area contributed by atoms with Crippen molar-refractivity contribution in [3.05, 3.63) is 12.7 Å². The van der Waals surface area contributed by atoms with E-state index in [-0.39, 0.29) is 5.48 Å². The molecule has 0 aliphatic carbocycles. The molecule has 6 heavy (non-hydrogen) atoms. The van der Waals surface area contributed by atoms with Gasteiger partial charge in [-0.3, -0.25) is 0 Å². The zero-order valence-electron chi connectivity index (χ0n) is 3.40. The maximum atomic E-state index is 9.63. The van der Waals surface area contributed by atoms with E-state index in [1.165, 1.54) is 0 Å². The van der Waals surface area contributed by atoms with Crippen LogP contribution in [0.2, 0.25) is 4.44 Å². The van der Waals surface area contributed by atoms with Gasteiger partial charge in [0, 0.05) is 0 Å². The Morgan fingerprint density at radius 2 is 2.33 bits per heavy atom. The second kappa shape index (κ2) is 9.00. The molecule has 0 aromatic carbocycles. The van der Waals surface area contributed by atoms with Crippen LogP contribution in [0.15, 0.2) is 12.7 Å². The van der Waals surface area contributed by atoms with Gasteiger partial charge in [-0.1, -0.05) is 0 Å². The molecule has 0 atom stereocenters. The largest absolute Gasteiger partial charge is 0.412 e. The molecule has 0 aliphatic rings. The first-order valence-corrected chi connectivity index (χ1v) is 4.56. The van der Waals surface area contributed by atoms with Gasteiger partial charge in [0.25, 0.3) is 0 Å². The first kappa shape index (κ1) is 9.57. The first-order valence-electron chi connectivity index (χ1n) is 1.37. The molecule has 0 aliphatic heterocycles. The number of hydrogen-bond acceptors (Lipinski definition) is 1. The quantitative estimate of drug-likeness (QED) is 0.444. The van der Waals surface area contributed by atoms with Gasteiger partial charge in [-0.05, 0) is 0 Å². The van der Waals surface area contributed by atoms with E-state index >= 15 is 0 Å². The number of allylic oxidation sites excluding steroid dienone is 1. The van der Waals surface area contributed by atoms with Crippen molar-refractivity contribution >= 4 is 21.1 Å². The van der Waals surface area contributed by atoms with E-state index in [1.807, 2.05) is 0 Å². The summed E-state index contributed by atoms with van der Waals surface area (Å²) in [7, 11) is 0. The minimum Gasteiger partial charge on any atom is -0.412 e. The molecule has 0 heterocycles. The van der Waals surface area contributed by atoms with Crippen LogP contribution in [0.25, 0.3) is 0 Å². The molecule has 0 amide bonds. The molecule has 0 fully saturated rings. The van der Waals surface area contributed by atoms with E-state index < -0.39 is 21.1 Å².